The van der Waals surface area contributed by atoms with E-state index in [0.717, 1.165) is 49.7 Å². The Bertz CT molecular complexity index is 2630. The summed E-state index contributed by atoms with van der Waals surface area (Å²) in [5, 5.41) is 14.3. The molecule has 0 saturated carbocycles. The highest BCUT2D eigenvalue weighted by Crippen LogP contribution is 2.44. The summed E-state index contributed by atoms with van der Waals surface area (Å²) in [7, 11) is 0. The third-order valence-electron chi connectivity index (χ3n) is 10.3. The van der Waals surface area contributed by atoms with Crippen LogP contribution in [-0.2, 0) is 17.0 Å². The van der Waals surface area contributed by atoms with Crippen LogP contribution < -0.4 is 0 Å². The summed E-state index contributed by atoms with van der Waals surface area (Å²) in [4.78, 5) is 0. The average molecular weight is 690 g/mol. The lowest BCUT2D eigenvalue weighted by Gasteiger charge is -2.21. The summed E-state index contributed by atoms with van der Waals surface area (Å²) in [6, 6.07) is 40.5. The Hall–Kier alpha value is -5.80. The molecule has 8 rings (SSSR count). The molecule has 2 heterocycles. The van der Waals surface area contributed by atoms with E-state index in [1.165, 1.54) is 17.2 Å². The lowest BCUT2D eigenvalue weighted by molar-refractivity contribution is -0.137. The number of nitriles is 1. The molecule has 2 aromatic heterocycles. The summed E-state index contributed by atoms with van der Waals surface area (Å²) >= 11 is 0. The van der Waals surface area contributed by atoms with E-state index >= 15 is 0 Å². The smallest absolute Gasteiger partial charge is 0.309 e. The highest BCUT2D eigenvalue weighted by atomic mass is 19.4. The van der Waals surface area contributed by atoms with Crippen LogP contribution in [-0.4, -0.2) is 9.13 Å². The van der Waals surface area contributed by atoms with Crippen molar-refractivity contribution in [2.24, 2.45) is 0 Å². The molecule has 0 aliphatic rings. The first-order valence-electron chi connectivity index (χ1n) is 17.5. The zero-order valence-electron chi connectivity index (χ0n) is 30.0. The number of hydrogen-bond acceptors (Lipinski definition) is 1. The van der Waals surface area contributed by atoms with Gasteiger partial charge in [0.2, 0.25) is 0 Å². The quantitative estimate of drug-likeness (QED) is 0.182. The molecule has 0 fully saturated rings. The number of nitrogens with zero attached hydrogens (tertiary/aromatic N) is 3. The zero-order valence-corrected chi connectivity index (χ0v) is 30.0. The molecule has 0 spiro atoms. The van der Waals surface area contributed by atoms with Gasteiger partial charge >= 0.3 is 6.18 Å². The van der Waals surface area contributed by atoms with Crippen molar-refractivity contribution < 1.29 is 13.2 Å². The Morgan fingerprint density at radius 2 is 0.885 bits per heavy atom. The third kappa shape index (κ3) is 5.35. The molecule has 6 heteroatoms. The molecule has 0 N–H and O–H groups in total. The van der Waals surface area contributed by atoms with E-state index in [-0.39, 0.29) is 10.8 Å². The van der Waals surface area contributed by atoms with Crippen LogP contribution in [0.2, 0.25) is 0 Å². The van der Waals surface area contributed by atoms with Crippen LogP contribution in [0.25, 0.3) is 66.1 Å². The largest absolute Gasteiger partial charge is 0.416 e. The number of alkyl halides is 3. The molecule has 0 aliphatic heterocycles. The van der Waals surface area contributed by atoms with Crippen molar-refractivity contribution in [1.29, 1.82) is 5.26 Å². The fourth-order valence-corrected chi connectivity index (χ4v) is 7.54. The molecule has 0 unspecified atom stereocenters. The SMILES string of the molecule is CC(C)(C)c1ccc2c(c1)c1cc(C(C)(C)C)ccc1n2-c1ccc(C(F)(F)F)cc1-c1cc(C#N)ccc1-n1c2ccccc2c2ccccc21. The molecule has 52 heavy (non-hydrogen) atoms. The zero-order chi connectivity index (χ0) is 36.7. The molecule has 0 aliphatic carbocycles. The van der Waals surface area contributed by atoms with Gasteiger partial charge in [0.25, 0.3) is 0 Å². The summed E-state index contributed by atoms with van der Waals surface area (Å²) in [6.07, 6.45) is -4.59. The van der Waals surface area contributed by atoms with Gasteiger partial charge in [-0.1, -0.05) is 90.1 Å². The average Bonchev–Trinajstić information content (AvgIpc) is 3.62. The topological polar surface area (TPSA) is 33.6 Å². The second-order valence-electron chi connectivity index (χ2n) is 15.7. The minimum atomic E-state index is -4.59. The maximum absolute atomic E-state index is 14.6. The molecule has 6 aromatic carbocycles. The highest BCUT2D eigenvalue weighted by molar-refractivity contribution is 6.12. The molecule has 0 saturated heterocycles. The monoisotopic (exact) mass is 689 g/mol. The predicted molar refractivity (Wildman–Crippen MR) is 208 cm³/mol. The second kappa shape index (κ2) is 11.6. The van der Waals surface area contributed by atoms with Crippen LogP contribution >= 0.6 is 0 Å². The van der Waals surface area contributed by atoms with E-state index in [9.17, 15) is 18.4 Å². The van der Waals surface area contributed by atoms with Crippen LogP contribution in [0, 0.1) is 11.3 Å². The van der Waals surface area contributed by atoms with Crippen LogP contribution in [0.3, 0.4) is 0 Å². The fraction of sp³-hybridized carbons (Fsp3) is 0.196. The van der Waals surface area contributed by atoms with Crippen LogP contribution in [0.1, 0.15) is 63.8 Å². The Morgan fingerprint density at radius 3 is 1.35 bits per heavy atom. The molecule has 258 valence electrons. The van der Waals surface area contributed by atoms with Gasteiger partial charge in [-0.2, -0.15) is 18.4 Å². The molecular weight excluding hydrogens is 652 g/mol. The van der Waals surface area contributed by atoms with Gasteiger partial charge in [0, 0.05) is 32.7 Å². The second-order valence-corrected chi connectivity index (χ2v) is 15.7. The normalized spacial score (nSPS) is 12.7. The third-order valence-corrected chi connectivity index (χ3v) is 10.3. The van der Waals surface area contributed by atoms with Crippen LogP contribution in [0.5, 0.6) is 0 Å². The molecule has 0 amide bonds. The van der Waals surface area contributed by atoms with E-state index in [4.69, 9.17) is 0 Å². The molecule has 0 bridgehead atoms. The first-order valence-corrected chi connectivity index (χ1v) is 17.5. The molecule has 0 atom stereocenters. The standard InChI is InChI=1S/C46H38F3N3/c1-44(2,3)29-16-20-41-35(24-29)36-25-30(45(4,5)6)17-21-42(36)52(41)43-22-18-31(46(47,48)49)26-37(43)34-23-28(27-50)15-19-40(34)51-38-13-9-7-11-32(38)33-12-8-10-14-39(33)51/h7-26H,1-6H3. The first-order chi connectivity index (χ1) is 24.6. The Balaban J connectivity index is 1.52. The minimum Gasteiger partial charge on any atom is -0.309 e. The number of para-hydroxylation sites is 2. The van der Waals surface area contributed by atoms with E-state index in [1.807, 2.05) is 42.5 Å². The van der Waals surface area contributed by atoms with Gasteiger partial charge in [0.15, 0.2) is 0 Å². The van der Waals surface area contributed by atoms with Crippen molar-refractivity contribution in [1.82, 2.24) is 9.13 Å². The lowest BCUT2D eigenvalue weighted by Crippen LogP contribution is -2.10. The Labute approximate surface area is 301 Å². The van der Waals surface area contributed by atoms with Crippen molar-refractivity contribution in [2.75, 3.05) is 0 Å². The van der Waals surface area contributed by atoms with Gasteiger partial charge in [-0.3, -0.25) is 0 Å². The molecular formula is C46H38F3N3. The van der Waals surface area contributed by atoms with Crippen molar-refractivity contribution in [3.8, 4) is 28.6 Å². The summed E-state index contributed by atoms with van der Waals surface area (Å²) in [6.45, 7) is 13.1. The number of fused-ring (bicyclic) bond motifs is 6. The molecule has 8 aromatic rings. The van der Waals surface area contributed by atoms with Crippen molar-refractivity contribution >= 4 is 43.6 Å². The molecule has 3 nitrogen and oxygen atoms in total. The Morgan fingerprint density at radius 1 is 0.462 bits per heavy atom. The number of hydrogen-bond donors (Lipinski definition) is 0. The van der Waals surface area contributed by atoms with Gasteiger partial charge in [-0.25, -0.2) is 0 Å². The predicted octanol–water partition coefficient (Wildman–Crippen LogP) is 13.0. The van der Waals surface area contributed by atoms with Gasteiger partial charge in [-0.15, -0.1) is 0 Å². The van der Waals surface area contributed by atoms with Crippen molar-refractivity contribution in [3.05, 3.63) is 144 Å². The van der Waals surface area contributed by atoms with E-state index in [0.29, 0.717) is 28.1 Å². The maximum Gasteiger partial charge on any atom is 0.416 e. The van der Waals surface area contributed by atoms with Crippen LogP contribution in [0.15, 0.2) is 121 Å². The number of benzene rings is 6. The summed E-state index contributed by atoms with van der Waals surface area (Å²) in [5.41, 5.74) is 7.52. The first kappa shape index (κ1) is 33.3. The number of aromatic nitrogens is 2. The Kier molecular flexibility index (Phi) is 7.45. The van der Waals surface area contributed by atoms with Gasteiger partial charge < -0.3 is 9.13 Å². The van der Waals surface area contributed by atoms with Gasteiger partial charge in [-0.05, 0) is 94.8 Å². The molecule has 0 radical (unpaired) electrons. The summed E-state index contributed by atoms with van der Waals surface area (Å²) in [5.74, 6) is 0. The number of rotatable bonds is 3. The van der Waals surface area contributed by atoms with Crippen molar-refractivity contribution in [3.63, 3.8) is 0 Å². The van der Waals surface area contributed by atoms with E-state index in [2.05, 4.69) is 105 Å². The van der Waals surface area contributed by atoms with E-state index < -0.39 is 11.7 Å². The lowest BCUT2D eigenvalue weighted by atomic mass is 9.85. The maximum atomic E-state index is 14.6. The van der Waals surface area contributed by atoms with Crippen LogP contribution in [0.4, 0.5) is 13.2 Å². The van der Waals surface area contributed by atoms with E-state index in [1.54, 1.807) is 18.2 Å². The highest BCUT2D eigenvalue weighted by Gasteiger charge is 2.32. The van der Waals surface area contributed by atoms with Crippen molar-refractivity contribution in [2.45, 2.75) is 58.5 Å². The number of halogens is 3. The fourth-order valence-electron chi connectivity index (χ4n) is 7.54. The summed E-state index contributed by atoms with van der Waals surface area (Å²) < 4.78 is 48.1. The van der Waals surface area contributed by atoms with Gasteiger partial charge in [0.05, 0.1) is 50.6 Å². The minimum absolute atomic E-state index is 0.112. The van der Waals surface area contributed by atoms with Gasteiger partial charge in [0.1, 0.15) is 0 Å².